The quantitative estimate of drug-likeness (QED) is 0.696. The average Bonchev–Trinajstić information content (AvgIpc) is 2.80. The molecule has 0 aliphatic carbocycles. The summed E-state index contributed by atoms with van der Waals surface area (Å²) in [6.07, 6.45) is 1.42. The smallest absolute Gasteiger partial charge is 0.183 e. The summed E-state index contributed by atoms with van der Waals surface area (Å²) in [7, 11) is 0. The number of rotatable bonds is 4. The van der Waals surface area contributed by atoms with Crippen LogP contribution in [-0.4, -0.2) is 26.7 Å². The van der Waals surface area contributed by atoms with Crippen LogP contribution in [0.5, 0.6) is 0 Å². The van der Waals surface area contributed by atoms with Gasteiger partial charge < -0.3 is 0 Å². The summed E-state index contributed by atoms with van der Waals surface area (Å²) in [5.74, 6) is 0.436. The van der Waals surface area contributed by atoms with Crippen molar-refractivity contribution in [2.24, 2.45) is 0 Å². The summed E-state index contributed by atoms with van der Waals surface area (Å²) in [5, 5.41) is 7.06. The zero-order valence-electron chi connectivity index (χ0n) is 8.18. The van der Waals surface area contributed by atoms with Crippen molar-refractivity contribution in [2.75, 3.05) is 5.75 Å². The minimum Gasteiger partial charge on any atom is -0.293 e. The molecular weight excluding hydrogens is 290 g/mol. The maximum absolute atomic E-state index is 11.8. The summed E-state index contributed by atoms with van der Waals surface area (Å²) >= 11 is 4.67. The fraction of sp³-hybridized carbons (Fsp3) is 0.100. The second-order valence-electron chi connectivity index (χ2n) is 3.01. The van der Waals surface area contributed by atoms with Crippen LogP contribution in [0.25, 0.3) is 0 Å². The SMILES string of the molecule is O=C(CSc1ncn[nH]1)c1ccc(Br)cc1. The Morgan fingerprint density at radius 1 is 1.38 bits per heavy atom. The third-order valence-electron chi connectivity index (χ3n) is 1.90. The lowest BCUT2D eigenvalue weighted by Crippen LogP contribution is -2.02. The molecule has 0 fully saturated rings. The molecule has 2 rings (SSSR count). The van der Waals surface area contributed by atoms with E-state index in [1.807, 2.05) is 12.1 Å². The summed E-state index contributed by atoms with van der Waals surface area (Å²) in [6, 6.07) is 7.30. The van der Waals surface area contributed by atoms with Gasteiger partial charge in [-0.05, 0) is 12.1 Å². The monoisotopic (exact) mass is 297 g/mol. The van der Waals surface area contributed by atoms with E-state index in [1.54, 1.807) is 12.1 Å². The average molecular weight is 298 g/mol. The molecule has 1 N–H and O–H groups in total. The first-order valence-corrected chi connectivity index (χ1v) is 6.30. The minimum absolute atomic E-state index is 0.0777. The molecule has 1 aromatic heterocycles. The van der Waals surface area contributed by atoms with E-state index in [0.717, 1.165) is 4.47 Å². The van der Waals surface area contributed by atoms with Gasteiger partial charge in [0.2, 0.25) is 0 Å². The largest absolute Gasteiger partial charge is 0.293 e. The van der Waals surface area contributed by atoms with E-state index in [9.17, 15) is 4.79 Å². The van der Waals surface area contributed by atoms with Gasteiger partial charge in [0, 0.05) is 10.0 Å². The van der Waals surface area contributed by atoms with Gasteiger partial charge in [0.1, 0.15) is 6.33 Å². The summed E-state index contributed by atoms with van der Waals surface area (Å²) < 4.78 is 0.965. The number of aromatic amines is 1. The number of carbonyl (C=O) groups excluding carboxylic acids is 1. The standard InChI is InChI=1S/C10H8BrN3OS/c11-8-3-1-7(2-4-8)9(15)5-16-10-12-6-13-14-10/h1-4,6H,5H2,(H,12,13,14). The molecule has 0 amide bonds. The molecule has 0 aliphatic heterocycles. The number of halogens is 1. The van der Waals surface area contributed by atoms with E-state index in [-0.39, 0.29) is 5.78 Å². The van der Waals surface area contributed by atoms with Gasteiger partial charge in [-0.25, -0.2) is 4.98 Å². The Morgan fingerprint density at radius 3 is 2.75 bits per heavy atom. The van der Waals surface area contributed by atoms with Crippen LogP contribution in [0.3, 0.4) is 0 Å². The molecule has 1 heterocycles. The number of aromatic nitrogens is 3. The van der Waals surface area contributed by atoms with Crippen molar-refractivity contribution in [3.05, 3.63) is 40.6 Å². The van der Waals surface area contributed by atoms with Gasteiger partial charge in [-0.3, -0.25) is 9.89 Å². The van der Waals surface area contributed by atoms with E-state index in [4.69, 9.17) is 0 Å². The number of carbonyl (C=O) groups is 1. The van der Waals surface area contributed by atoms with Crippen LogP contribution < -0.4 is 0 Å². The van der Waals surface area contributed by atoms with E-state index in [2.05, 4.69) is 31.1 Å². The molecule has 0 saturated carbocycles. The first kappa shape index (κ1) is 11.3. The predicted molar refractivity (Wildman–Crippen MR) is 65.6 cm³/mol. The number of thioether (sulfide) groups is 1. The Labute approximate surface area is 105 Å². The van der Waals surface area contributed by atoms with Crippen LogP contribution in [0, 0.1) is 0 Å². The van der Waals surface area contributed by atoms with Crippen molar-refractivity contribution in [3.8, 4) is 0 Å². The van der Waals surface area contributed by atoms with Crippen molar-refractivity contribution in [3.63, 3.8) is 0 Å². The summed E-state index contributed by atoms with van der Waals surface area (Å²) in [6.45, 7) is 0. The van der Waals surface area contributed by atoms with E-state index in [0.29, 0.717) is 16.5 Å². The third-order valence-corrected chi connectivity index (χ3v) is 3.30. The fourth-order valence-electron chi connectivity index (χ4n) is 1.12. The Hall–Kier alpha value is -1.14. The van der Waals surface area contributed by atoms with E-state index < -0.39 is 0 Å². The molecule has 2 aromatic rings. The molecule has 1 aromatic carbocycles. The van der Waals surface area contributed by atoms with Crippen LogP contribution in [0.4, 0.5) is 0 Å². The highest BCUT2D eigenvalue weighted by Crippen LogP contribution is 2.15. The third kappa shape index (κ3) is 2.93. The second-order valence-corrected chi connectivity index (χ2v) is 4.89. The first-order valence-electron chi connectivity index (χ1n) is 4.52. The van der Waals surface area contributed by atoms with E-state index >= 15 is 0 Å². The summed E-state index contributed by atoms with van der Waals surface area (Å²) in [4.78, 5) is 15.7. The van der Waals surface area contributed by atoms with Crippen LogP contribution >= 0.6 is 27.7 Å². The highest BCUT2D eigenvalue weighted by atomic mass is 79.9. The number of ketones is 1. The Morgan fingerprint density at radius 2 is 2.12 bits per heavy atom. The molecule has 0 spiro atoms. The van der Waals surface area contributed by atoms with Crippen LogP contribution in [0.2, 0.25) is 0 Å². The van der Waals surface area contributed by atoms with Crippen molar-refractivity contribution in [1.82, 2.24) is 15.2 Å². The molecule has 0 aliphatic rings. The van der Waals surface area contributed by atoms with Crippen molar-refractivity contribution in [1.29, 1.82) is 0 Å². The number of nitrogens with one attached hydrogen (secondary N) is 1. The maximum atomic E-state index is 11.8. The van der Waals surface area contributed by atoms with Crippen molar-refractivity contribution < 1.29 is 4.79 Å². The second kappa shape index (κ2) is 5.27. The number of nitrogens with zero attached hydrogens (tertiary/aromatic N) is 2. The lowest BCUT2D eigenvalue weighted by molar-refractivity contribution is 0.102. The van der Waals surface area contributed by atoms with E-state index in [1.165, 1.54) is 18.1 Å². The molecule has 82 valence electrons. The molecule has 6 heteroatoms. The van der Waals surface area contributed by atoms with Gasteiger partial charge in [-0.15, -0.1) is 0 Å². The van der Waals surface area contributed by atoms with Crippen LogP contribution in [-0.2, 0) is 0 Å². The highest BCUT2D eigenvalue weighted by molar-refractivity contribution is 9.10. The van der Waals surface area contributed by atoms with Crippen LogP contribution in [0.1, 0.15) is 10.4 Å². The minimum atomic E-state index is 0.0777. The number of H-pyrrole nitrogens is 1. The Balaban J connectivity index is 1.95. The lowest BCUT2D eigenvalue weighted by Gasteiger charge is -1.99. The van der Waals surface area contributed by atoms with Crippen molar-refractivity contribution in [2.45, 2.75) is 5.16 Å². The lowest BCUT2D eigenvalue weighted by atomic mass is 10.2. The molecular formula is C10H8BrN3OS. The molecule has 0 radical (unpaired) electrons. The highest BCUT2D eigenvalue weighted by Gasteiger charge is 2.07. The van der Waals surface area contributed by atoms with Gasteiger partial charge in [0.05, 0.1) is 5.75 Å². The van der Waals surface area contributed by atoms with Gasteiger partial charge in [0.25, 0.3) is 0 Å². The Kier molecular flexibility index (Phi) is 3.74. The predicted octanol–water partition coefficient (Wildman–Crippen LogP) is 2.54. The molecule has 0 unspecified atom stereocenters. The Bertz CT molecular complexity index is 469. The molecule has 4 nitrogen and oxygen atoms in total. The molecule has 0 atom stereocenters. The number of hydrogen-bond donors (Lipinski definition) is 1. The van der Waals surface area contributed by atoms with Gasteiger partial charge in [-0.2, -0.15) is 5.10 Å². The zero-order valence-corrected chi connectivity index (χ0v) is 10.6. The number of Topliss-reactive ketones (excluding diaryl/α,β-unsaturated/α-hetero) is 1. The summed E-state index contributed by atoms with van der Waals surface area (Å²) in [5.41, 5.74) is 0.704. The van der Waals surface area contributed by atoms with Gasteiger partial charge >= 0.3 is 0 Å². The fourth-order valence-corrected chi connectivity index (χ4v) is 2.05. The maximum Gasteiger partial charge on any atom is 0.183 e. The van der Waals surface area contributed by atoms with Crippen molar-refractivity contribution >= 4 is 33.5 Å². The molecule has 16 heavy (non-hydrogen) atoms. The number of hydrogen-bond acceptors (Lipinski definition) is 4. The first-order chi connectivity index (χ1) is 7.75. The number of benzene rings is 1. The molecule has 0 saturated heterocycles. The normalized spacial score (nSPS) is 10.3. The molecule has 0 bridgehead atoms. The topological polar surface area (TPSA) is 58.6 Å². The van der Waals surface area contributed by atoms with Gasteiger partial charge in [-0.1, -0.05) is 39.8 Å². The zero-order chi connectivity index (χ0) is 11.4. The van der Waals surface area contributed by atoms with Crippen LogP contribution in [0.15, 0.2) is 40.2 Å². The van der Waals surface area contributed by atoms with Gasteiger partial charge in [0.15, 0.2) is 10.9 Å².